The number of rotatable bonds is 5. The maximum Gasteiger partial charge on any atom is 0.325 e. The molecule has 1 atom stereocenters. The topological polar surface area (TPSA) is 144 Å². The monoisotopic (exact) mass is 310 g/mol. The molecule has 0 saturated heterocycles. The van der Waals surface area contributed by atoms with Gasteiger partial charge in [-0.2, -0.15) is 0 Å². The van der Waals surface area contributed by atoms with Gasteiger partial charge in [0.05, 0.1) is 6.61 Å². The van der Waals surface area contributed by atoms with Crippen molar-refractivity contribution in [2.24, 2.45) is 0 Å². The second-order valence-corrected chi connectivity index (χ2v) is 5.18. The Hall–Kier alpha value is -2.42. The highest BCUT2D eigenvalue weighted by Crippen LogP contribution is 2.17. The molecule has 0 aliphatic heterocycles. The number of aliphatic hydroxyl groups excluding tert-OH is 1. The van der Waals surface area contributed by atoms with Crippen molar-refractivity contribution in [2.75, 3.05) is 6.61 Å². The van der Waals surface area contributed by atoms with Gasteiger partial charge in [0, 0.05) is 12.2 Å². The summed E-state index contributed by atoms with van der Waals surface area (Å²) in [6, 6.07) is -1.10. The van der Waals surface area contributed by atoms with Gasteiger partial charge in [-0.25, -0.2) is 4.79 Å². The van der Waals surface area contributed by atoms with Crippen molar-refractivity contribution in [3.05, 3.63) is 32.6 Å². The second kappa shape index (κ2) is 7.03. The van der Waals surface area contributed by atoms with E-state index in [1.807, 2.05) is 4.98 Å². The standard InChI is InChI=1S/C13H18N4O5/c18-6-9(12(21)15-7-3-1-2-4-7)16-10(19)8-5-14-13(22)17-11(8)20/h5,7,9,18H,1-4,6H2,(H,15,21)(H,16,19)(H2,14,17,20,22). The first kappa shape index (κ1) is 16.0. The molecule has 2 amide bonds. The number of H-pyrrole nitrogens is 2. The van der Waals surface area contributed by atoms with Crippen molar-refractivity contribution in [3.63, 3.8) is 0 Å². The number of aromatic nitrogens is 2. The van der Waals surface area contributed by atoms with E-state index in [9.17, 15) is 24.3 Å². The molecule has 1 unspecified atom stereocenters. The van der Waals surface area contributed by atoms with E-state index in [0.29, 0.717) is 0 Å². The third kappa shape index (κ3) is 3.82. The zero-order chi connectivity index (χ0) is 16.1. The summed E-state index contributed by atoms with van der Waals surface area (Å²) < 4.78 is 0. The van der Waals surface area contributed by atoms with Crippen LogP contribution in [0, 0.1) is 0 Å². The molecule has 0 spiro atoms. The van der Waals surface area contributed by atoms with Crippen molar-refractivity contribution in [1.82, 2.24) is 20.6 Å². The van der Waals surface area contributed by atoms with Crippen LogP contribution >= 0.6 is 0 Å². The van der Waals surface area contributed by atoms with Gasteiger partial charge >= 0.3 is 5.69 Å². The van der Waals surface area contributed by atoms with Crippen LogP contribution in [0.15, 0.2) is 15.8 Å². The summed E-state index contributed by atoms with van der Waals surface area (Å²) in [6.07, 6.45) is 4.77. The van der Waals surface area contributed by atoms with Crippen LogP contribution in [0.25, 0.3) is 0 Å². The molecule has 0 bridgehead atoms. The maximum atomic E-state index is 12.0. The van der Waals surface area contributed by atoms with Crippen LogP contribution in [-0.4, -0.2) is 45.6 Å². The molecular formula is C13H18N4O5. The van der Waals surface area contributed by atoms with Gasteiger partial charge in [-0.05, 0) is 12.8 Å². The molecule has 22 heavy (non-hydrogen) atoms. The third-order valence-corrected chi connectivity index (χ3v) is 3.57. The minimum absolute atomic E-state index is 0.0509. The van der Waals surface area contributed by atoms with E-state index in [1.54, 1.807) is 0 Å². The molecular weight excluding hydrogens is 292 g/mol. The van der Waals surface area contributed by atoms with Gasteiger partial charge in [-0.3, -0.25) is 19.4 Å². The summed E-state index contributed by atoms with van der Waals surface area (Å²) in [4.78, 5) is 50.4. The average Bonchev–Trinajstić information content (AvgIpc) is 2.97. The predicted molar refractivity (Wildman–Crippen MR) is 76.4 cm³/mol. The van der Waals surface area contributed by atoms with E-state index in [-0.39, 0.29) is 11.6 Å². The molecule has 1 aromatic rings. The molecule has 5 N–H and O–H groups in total. The summed E-state index contributed by atoms with van der Waals surface area (Å²) in [6.45, 7) is -0.592. The first-order valence-electron chi connectivity index (χ1n) is 7.05. The average molecular weight is 310 g/mol. The third-order valence-electron chi connectivity index (χ3n) is 3.57. The van der Waals surface area contributed by atoms with Gasteiger partial charge in [-0.1, -0.05) is 12.8 Å². The first-order valence-corrected chi connectivity index (χ1v) is 7.05. The fourth-order valence-electron chi connectivity index (χ4n) is 2.38. The Balaban J connectivity index is 2.02. The van der Waals surface area contributed by atoms with Crippen molar-refractivity contribution in [1.29, 1.82) is 0 Å². The van der Waals surface area contributed by atoms with Crippen molar-refractivity contribution in [2.45, 2.75) is 37.8 Å². The number of hydrogen-bond donors (Lipinski definition) is 5. The normalized spacial score (nSPS) is 16.2. The van der Waals surface area contributed by atoms with E-state index in [4.69, 9.17) is 0 Å². The Morgan fingerprint density at radius 2 is 2.00 bits per heavy atom. The quantitative estimate of drug-likeness (QED) is 0.436. The molecule has 1 heterocycles. The van der Waals surface area contributed by atoms with E-state index in [2.05, 4.69) is 15.6 Å². The fraction of sp³-hybridized carbons (Fsp3) is 0.538. The summed E-state index contributed by atoms with van der Waals surface area (Å²) in [5, 5.41) is 14.3. The lowest BCUT2D eigenvalue weighted by Crippen LogP contribution is -2.51. The van der Waals surface area contributed by atoms with Crippen LogP contribution in [0.2, 0.25) is 0 Å². The molecule has 2 rings (SSSR count). The van der Waals surface area contributed by atoms with Crippen LogP contribution in [0.1, 0.15) is 36.0 Å². The molecule has 9 nitrogen and oxygen atoms in total. The van der Waals surface area contributed by atoms with E-state index in [0.717, 1.165) is 31.9 Å². The Bertz CT molecular complexity index is 659. The molecule has 1 aromatic heterocycles. The molecule has 9 heteroatoms. The van der Waals surface area contributed by atoms with Crippen LogP contribution in [0.4, 0.5) is 0 Å². The molecule has 1 saturated carbocycles. The number of aliphatic hydroxyl groups is 1. The smallest absolute Gasteiger partial charge is 0.325 e. The van der Waals surface area contributed by atoms with Gasteiger partial charge < -0.3 is 20.7 Å². The van der Waals surface area contributed by atoms with Gasteiger partial charge in [0.25, 0.3) is 11.5 Å². The highest BCUT2D eigenvalue weighted by Gasteiger charge is 2.25. The lowest BCUT2D eigenvalue weighted by molar-refractivity contribution is -0.124. The Morgan fingerprint density at radius 1 is 1.32 bits per heavy atom. The van der Waals surface area contributed by atoms with Gasteiger partial charge in [-0.15, -0.1) is 0 Å². The number of nitrogens with one attached hydrogen (secondary N) is 4. The Kier molecular flexibility index (Phi) is 5.10. The number of aromatic amines is 2. The predicted octanol–water partition coefficient (Wildman–Crippen LogP) is -1.79. The number of carbonyl (C=O) groups excluding carboxylic acids is 2. The summed E-state index contributed by atoms with van der Waals surface area (Å²) in [5.41, 5.74) is -1.94. The van der Waals surface area contributed by atoms with Crippen molar-refractivity contribution < 1.29 is 14.7 Å². The first-order chi connectivity index (χ1) is 10.5. The van der Waals surface area contributed by atoms with Crippen LogP contribution < -0.4 is 21.9 Å². The second-order valence-electron chi connectivity index (χ2n) is 5.18. The molecule has 1 aliphatic carbocycles. The molecule has 120 valence electrons. The molecule has 0 aromatic carbocycles. The van der Waals surface area contributed by atoms with Gasteiger partial charge in [0.1, 0.15) is 11.6 Å². The molecule has 0 radical (unpaired) electrons. The largest absolute Gasteiger partial charge is 0.394 e. The van der Waals surface area contributed by atoms with Gasteiger partial charge in [0.15, 0.2) is 0 Å². The fourth-order valence-corrected chi connectivity index (χ4v) is 2.38. The Labute approximate surface area is 125 Å². The Morgan fingerprint density at radius 3 is 2.59 bits per heavy atom. The SMILES string of the molecule is O=C(NC(CO)C(=O)NC1CCCC1)c1c[nH]c(=O)[nH]c1=O. The van der Waals surface area contributed by atoms with E-state index >= 15 is 0 Å². The van der Waals surface area contributed by atoms with E-state index < -0.39 is 35.7 Å². The minimum Gasteiger partial charge on any atom is -0.394 e. The number of carbonyl (C=O) groups is 2. The zero-order valence-electron chi connectivity index (χ0n) is 11.8. The highest BCUT2D eigenvalue weighted by atomic mass is 16.3. The number of hydrogen-bond acceptors (Lipinski definition) is 5. The molecule has 1 fully saturated rings. The van der Waals surface area contributed by atoms with Crippen molar-refractivity contribution in [3.8, 4) is 0 Å². The summed E-state index contributed by atoms with van der Waals surface area (Å²) in [7, 11) is 0. The number of amides is 2. The molecule has 1 aliphatic rings. The van der Waals surface area contributed by atoms with Crippen LogP contribution in [0.5, 0.6) is 0 Å². The lowest BCUT2D eigenvalue weighted by atomic mass is 10.2. The summed E-state index contributed by atoms with van der Waals surface area (Å²) >= 11 is 0. The maximum absolute atomic E-state index is 12.0. The highest BCUT2D eigenvalue weighted by molar-refractivity contribution is 5.97. The van der Waals surface area contributed by atoms with Crippen molar-refractivity contribution >= 4 is 11.8 Å². The van der Waals surface area contributed by atoms with E-state index in [1.165, 1.54) is 0 Å². The van der Waals surface area contributed by atoms with Gasteiger partial charge in [0.2, 0.25) is 5.91 Å². The van der Waals surface area contributed by atoms with Crippen LogP contribution in [0.3, 0.4) is 0 Å². The summed E-state index contributed by atoms with van der Waals surface area (Å²) in [5.74, 6) is -1.35. The zero-order valence-corrected chi connectivity index (χ0v) is 11.8. The minimum atomic E-state index is -1.15. The lowest BCUT2D eigenvalue weighted by Gasteiger charge is -2.19. The van der Waals surface area contributed by atoms with Crippen LogP contribution in [-0.2, 0) is 4.79 Å².